The van der Waals surface area contributed by atoms with Gasteiger partial charge in [0, 0.05) is 5.56 Å². The highest BCUT2D eigenvalue weighted by Crippen LogP contribution is 2.22. The lowest BCUT2D eigenvalue weighted by atomic mass is 10.1. The summed E-state index contributed by atoms with van der Waals surface area (Å²) < 4.78 is 5.83. The molecule has 0 aromatic heterocycles. The van der Waals surface area contributed by atoms with Crippen molar-refractivity contribution >= 4 is 23.4 Å². The van der Waals surface area contributed by atoms with Crippen molar-refractivity contribution in [3.05, 3.63) is 101 Å². The number of carbonyl (C=O) groups is 2. The Morgan fingerprint density at radius 2 is 1.37 bits per heavy atom. The van der Waals surface area contributed by atoms with Gasteiger partial charge in [0.05, 0.1) is 10.6 Å². The van der Waals surface area contributed by atoms with Gasteiger partial charge in [0.15, 0.2) is 0 Å². The molecule has 0 fully saturated rings. The molecule has 0 spiro atoms. The number of hydrogen-bond acceptors (Lipinski definition) is 3. The summed E-state index contributed by atoms with van der Waals surface area (Å²) in [5.74, 6) is -0.482. The molecule has 0 aliphatic heterocycles. The maximum atomic E-state index is 12.7. The van der Waals surface area contributed by atoms with Gasteiger partial charge >= 0.3 is 0 Å². The molecule has 0 saturated heterocycles. The number of ether oxygens (including phenoxy) is 1. The number of hydrazine groups is 1. The van der Waals surface area contributed by atoms with Crippen molar-refractivity contribution in [3.63, 3.8) is 0 Å². The van der Waals surface area contributed by atoms with Gasteiger partial charge in [-0.1, -0.05) is 72.3 Å². The second kappa shape index (κ2) is 8.87. The van der Waals surface area contributed by atoms with E-state index in [1.54, 1.807) is 48.5 Å². The lowest BCUT2D eigenvalue weighted by Crippen LogP contribution is -2.45. The standard InChI is InChI=1S/C21H17ClN2O3/c22-18-14-8-7-13-17(18)20(25)23-24-21(26)19(15-9-3-1-4-10-15)27-16-11-5-2-6-12-16/h1-14,19H,(H,23,25)(H,24,26). The molecule has 0 radical (unpaired) electrons. The Morgan fingerprint density at radius 1 is 0.778 bits per heavy atom. The predicted molar refractivity (Wildman–Crippen MR) is 103 cm³/mol. The van der Waals surface area contributed by atoms with E-state index >= 15 is 0 Å². The van der Waals surface area contributed by atoms with E-state index < -0.39 is 17.9 Å². The van der Waals surface area contributed by atoms with Crippen LogP contribution < -0.4 is 15.6 Å². The van der Waals surface area contributed by atoms with Crippen LogP contribution in [0.25, 0.3) is 0 Å². The quantitative estimate of drug-likeness (QED) is 0.659. The van der Waals surface area contributed by atoms with Crippen molar-refractivity contribution in [1.29, 1.82) is 0 Å². The average molecular weight is 381 g/mol. The summed E-state index contributed by atoms with van der Waals surface area (Å²) in [6.45, 7) is 0. The van der Waals surface area contributed by atoms with Crippen molar-refractivity contribution in [2.75, 3.05) is 0 Å². The number of amides is 2. The Hall–Kier alpha value is -3.31. The number of hydrogen-bond donors (Lipinski definition) is 2. The first-order valence-electron chi connectivity index (χ1n) is 8.26. The van der Waals surface area contributed by atoms with Gasteiger partial charge in [-0.15, -0.1) is 0 Å². The van der Waals surface area contributed by atoms with E-state index in [1.807, 2.05) is 36.4 Å². The third-order valence-corrected chi connectivity index (χ3v) is 4.08. The molecule has 0 saturated carbocycles. The van der Waals surface area contributed by atoms with E-state index in [1.165, 1.54) is 0 Å². The minimum Gasteiger partial charge on any atom is -0.476 e. The zero-order valence-corrected chi connectivity index (χ0v) is 15.0. The van der Waals surface area contributed by atoms with Gasteiger partial charge in [0.2, 0.25) is 6.10 Å². The first-order chi connectivity index (χ1) is 13.1. The zero-order valence-electron chi connectivity index (χ0n) is 14.3. The van der Waals surface area contributed by atoms with Gasteiger partial charge in [0.25, 0.3) is 11.8 Å². The third kappa shape index (κ3) is 4.86. The minimum atomic E-state index is -0.930. The average Bonchev–Trinajstić information content (AvgIpc) is 2.72. The lowest BCUT2D eigenvalue weighted by molar-refractivity contribution is -0.129. The van der Waals surface area contributed by atoms with E-state index in [9.17, 15) is 9.59 Å². The molecule has 0 heterocycles. The van der Waals surface area contributed by atoms with Crippen molar-refractivity contribution in [1.82, 2.24) is 10.9 Å². The fraction of sp³-hybridized carbons (Fsp3) is 0.0476. The Kier molecular flexibility index (Phi) is 6.07. The number of para-hydroxylation sites is 1. The van der Waals surface area contributed by atoms with Gasteiger partial charge in [-0.25, -0.2) is 0 Å². The fourth-order valence-electron chi connectivity index (χ4n) is 2.43. The Morgan fingerprint density at radius 3 is 2.04 bits per heavy atom. The summed E-state index contributed by atoms with van der Waals surface area (Å²) in [6, 6.07) is 24.6. The van der Waals surface area contributed by atoms with Gasteiger partial charge in [-0.05, 0) is 24.3 Å². The Labute approximate surface area is 161 Å². The minimum absolute atomic E-state index is 0.264. The van der Waals surface area contributed by atoms with Crippen molar-refractivity contribution in [2.45, 2.75) is 6.10 Å². The summed E-state index contributed by atoms with van der Waals surface area (Å²) in [7, 11) is 0. The smallest absolute Gasteiger partial charge is 0.284 e. The normalized spacial score (nSPS) is 11.3. The summed E-state index contributed by atoms with van der Waals surface area (Å²) in [5, 5.41) is 0.296. The van der Waals surface area contributed by atoms with Crippen molar-refractivity contribution < 1.29 is 14.3 Å². The molecule has 2 N–H and O–H groups in total. The Balaban J connectivity index is 1.73. The van der Waals surface area contributed by atoms with Crippen LogP contribution in [-0.2, 0) is 4.79 Å². The maximum absolute atomic E-state index is 12.7. The molecule has 1 atom stereocenters. The molecule has 5 nitrogen and oxygen atoms in total. The summed E-state index contributed by atoms with van der Waals surface area (Å²) in [4.78, 5) is 24.9. The van der Waals surface area contributed by atoms with E-state index in [0.717, 1.165) is 0 Å². The van der Waals surface area contributed by atoms with Crippen LogP contribution in [0.15, 0.2) is 84.9 Å². The molecular weight excluding hydrogens is 364 g/mol. The molecule has 27 heavy (non-hydrogen) atoms. The van der Waals surface area contributed by atoms with Crippen LogP contribution in [0.5, 0.6) is 5.75 Å². The van der Waals surface area contributed by atoms with Crippen LogP contribution in [0.2, 0.25) is 5.02 Å². The SMILES string of the molecule is O=C(NNC(=O)C(Oc1ccccc1)c1ccccc1)c1ccccc1Cl. The first kappa shape index (κ1) is 18.5. The highest BCUT2D eigenvalue weighted by Gasteiger charge is 2.23. The first-order valence-corrected chi connectivity index (χ1v) is 8.64. The molecule has 0 bridgehead atoms. The predicted octanol–water partition coefficient (Wildman–Crippen LogP) is 3.92. The third-order valence-electron chi connectivity index (χ3n) is 3.76. The van der Waals surface area contributed by atoms with Crippen LogP contribution >= 0.6 is 11.6 Å². The van der Waals surface area contributed by atoms with Gasteiger partial charge in [-0.3, -0.25) is 20.4 Å². The maximum Gasteiger partial charge on any atom is 0.284 e. The molecule has 3 aromatic rings. The molecule has 1 unspecified atom stereocenters. The lowest BCUT2D eigenvalue weighted by Gasteiger charge is -2.19. The number of carbonyl (C=O) groups excluding carboxylic acids is 2. The Bertz CT molecular complexity index is 917. The summed E-state index contributed by atoms with van der Waals surface area (Å²) in [5.41, 5.74) is 5.70. The summed E-state index contributed by atoms with van der Waals surface area (Å²) >= 11 is 6.00. The van der Waals surface area contributed by atoms with Gasteiger partial charge < -0.3 is 4.74 Å². The second-order valence-corrected chi connectivity index (χ2v) is 6.05. The fourth-order valence-corrected chi connectivity index (χ4v) is 2.65. The molecular formula is C21H17ClN2O3. The second-order valence-electron chi connectivity index (χ2n) is 5.64. The highest BCUT2D eigenvalue weighted by atomic mass is 35.5. The van der Waals surface area contributed by atoms with Crippen LogP contribution in [0.1, 0.15) is 22.0 Å². The number of halogens is 1. The van der Waals surface area contributed by atoms with Crippen LogP contribution in [0.4, 0.5) is 0 Å². The van der Waals surface area contributed by atoms with E-state index in [2.05, 4.69) is 10.9 Å². The largest absolute Gasteiger partial charge is 0.476 e. The molecule has 3 rings (SSSR count). The van der Waals surface area contributed by atoms with Gasteiger partial charge in [0.1, 0.15) is 5.75 Å². The monoisotopic (exact) mass is 380 g/mol. The summed E-state index contributed by atoms with van der Waals surface area (Å²) in [6.07, 6.45) is -0.930. The molecule has 3 aromatic carbocycles. The van der Waals surface area contributed by atoms with Gasteiger partial charge in [-0.2, -0.15) is 0 Å². The zero-order chi connectivity index (χ0) is 19.1. The van der Waals surface area contributed by atoms with E-state index in [4.69, 9.17) is 16.3 Å². The van der Waals surface area contributed by atoms with Crippen LogP contribution in [0, 0.1) is 0 Å². The molecule has 136 valence electrons. The van der Waals surface area contributed by atoms with Crippen molar-refractivity contribution in [2.24, 2.45) is 0 Å². The number of nitrogens with one attached hydrogen (secondary N) is 2. The van der Waals surface area contributed by atoms with E-state index in [-0.39, 0.29) is 5.56 Å². The van der Waals surface area contributed by atoms with E-state index in [0.29, 0.717) is 16.3 Å². The topological polar surface area (TPSA) is 67.4 Å². The van der Waals surface area contributed by atoms with Crippen molar-refractivity contribution in [3.8, 4) is 5.75 Å². The number of benzene rings is 3. The molecule has 6 heteroatoms. The number of rotatable bonds is 5. The molecule has 0 aliphatic carbocycles. The molecule has 0 aliphatic rings. The van der Waals surface area contributed by atoms with Crippen LogP contribution in [0.3, 0.4) is 0 Å². The van der Waals surface area contributed by atoms with Crippen LogP contribution in [-0.4, -0.2) is 11.8 Å². The molecule has 2 amide bonds. The highest BCUT2D eigenvalue weighted by molar-refractivity contribution is 6.33.